The summed E-state index contributed by atoms with van der Waals surface area (Å²) in [5.74, 6) is 0.0215. The van der Waals surface area contributed by atoms with Crippen molar-refractivity contribution in [2.24, 2.45) is 5.92 Å². The van der Waals surface area contributed by atoms with Crippen molar-refractivity contribution >= 4 is 28.8 Å². The first-order valence-electron chi connectivity index (χ1n) is 8.61. The van der Waals surface area contributed by atoms with Crippen LogP contribution in [0.4, 0.5) is 5.69 Å². The molecule has 0 bridgehead atoms. The number of carbonyl (C=O) groups excluding carboxylic acids is 2. The van der Waals surface area contributed by atoms with Gasteiger partial charge in [-0.05, 0) is 32.0 Å². The van der Waals surface area contributed by atoms with Gasteiger partial charge in [0.05, 0.1) is 28.5 Å². The normalized spacial score (nSPS) is 11.0. The summed E-state index contributed by atoms with van der Waals surface area (Å²) in [6.07, 6.45) is 0. The van der Waals surface area contributed by atoms with E-state index in [0.717, 1.165) is 10.7 Å². The molecule has 0 aliphatic carbocycles. The summed E-state index contributed by atoms with van der Waals surface area (Å²) in [6, 6.07) is 7.05. The van der Waals surface area contributed by atoms with Crippen molar-refractivity contribution in [3.8, 4) is 0 Å². The Bertz CT molecular complexity index is 758. The fourth-order valence-electron chi connectivity index (χ4n) is 2.43. The van der Waals surface area contributed by atoms with Gasteiger partial charge in [-0.2, -0.15) is 0 Å². The molecule has 26 heavy (non-hydrogen) atoms. The molecule has 1 heterocycles. The van der Waals surface area contributed by atoms with E-state index in [1.54, 1.807) is 35.6 Å². The van der Waals surface area contributed by atoms with Crippen LogP contribution in [0, 0.1) is 12.8 Å². The van der Waals surface area contributed by atoms with Crippen LogP contribution in [0.2, 0.25) is 0 Å². The van der Waals surface area contributed by atoms with Crippen LogP contribution < -0.4 is 10.6 Å². The van der Waals surface area contributed by atoms with Crippen LogP contribution in [-0.4, -0.2) is 41.8 Å². The van der Waals surface area contributed by atoms with Gasteiger partial charge in [0.1, 0.15) is 0 Å². The van der Waals surface area contributed by atoms with E-state index in [2.05, 4.69) is 15.6 Å². The lowest BCUT2D eigenvalue weighted by atomic mass is 10.1. The van der Waals surface area contributed by atoms with E-state index in [9.17, 15) is 9.59 Å². The molecule has 7 heteroatoms. The molecular formula is C19H26N4O2S. The van der Waals surface area contributed by atoms with Gasteiger partial charge in [-0.3, -0.25) is 14.5 Å². The number of hydrogen-bond donors (Lipinski definition) is 2. The molecule has 6 nitrogen and oxygen atoms in total. The van der Waals surface area contributed by atoms with Crippen LogP contribution in [0.25, 0.3) is 0 Å². The Morgan fingerprint density at radius 1 is 1.27 bits per heavy atom. The zero-order valence-electron chi connectivity index (χ0n) is 15.7. The number of aromatic nitrogens is 1. The van der Waals surface area contributed by atoms with Crippen molar-refractivity contribution < 1.29 is 9.59 Å². The molecule has 0 saturated carbocycles. The molecule has 0 aliphatic heterocycles. The van der Waals surface area contributed by atoms with Crippen LogP contribution in [0.15, 0.2) is 29.6 Å². The van der Waals surface area contributed by atoms with Crippen molar-refractivity contribution in [1.82, 2.24) is 15.2 Å². The second-order valence-electron chi connectivity index (χ2n) is 6.73. The van der Waals surface area contributed by atoms with Crippen molar-refractivity contribution in [1.29, 1.82) is 0 Å². The van der Waals surface area contributed by atoms with Gasteiger partial charge in [0.25, 0.3) is 5.91 Å². The van der Waals surface area contributed by atoms with Gasteiger partial charge in [0.15, 0.2) is 0 Å². The molecule has 0 saturated heterocycles. The first-order chi connectivity index (χ1) is 12.3. The second kappa shape index (κ2) is 9.45. The molecule has 0 fully saturated rings. The van der Waals surface area contributed by atoms with Crippen LogP contribution >= 0.6 is 11.3 Å². The van der Waals surface area contributed by atoms with Crippen LogP contribution in [0.3, 0.4) is 0 Å². The van der Waals surface area contributed by atoms with Gasteiger partial charge < -0.3 is 10.6 Å². The summed E-state index contributed by atoms with van der Waals surface area (Å²) >= 11 is 1.60. The maximum Gasteiger partial charge on any atom is 0.253 e. The van der Waals surface area contributed by atoms with Gasteiger partial charge in [0.2, 0.25) is 5.91 Å². The summed E-state index contributed by atoms with van der Waals surface area (Å²) in [4.78, 5) is 31.0. The summed E-state index contributed by atoms with van der Waals surface area (Å²) in [5.41, 5.74) is 1.95. The molecule has 0 atom stereocenters. The molecular weight excluding hydrogens is 348 g/mol. The first kappa shape index (κ1) is 20.1. The molecule has 0 radical (unpaired) electrons. The lowest BCUT2D eigenvalue weighted by Crippen LogP contribution is -2.32. The topological polar surface area (TPSA) is 74.3 Å². The fourth-order valence-corrected chi connectivity index (χ4v) is 3.03. The van der Waals surface area contributed by atoms with Crippen LogP contribution in [0.5, 0.6) is 0 Å². The third kappa shape index (κ3) is 6.24. The third-order valence-corrected chi connectivity index (χ3v) is 4.45. The highest BCUT2D eigenvalue weighted by Gasteiger charge is 2.14. The molecule has 2 rings (SSSR count). The Kier molecular flexibility index (Phi) is 7.29. The number of rotatable bonds is 8. The zero-order chi connectivity index (χ0) is 19.1. The first-order valence-corrected chi connectivity index (χ1v) is 9.49. The van der Waals surface area contributed by atoms with Crippen LogP contribution in [-0.2, 0) is 11.3 Å². The predicted molar refractivity (Wildman–Crippen MR) is 105 cm³/mol. The monoisotopic (exact) mass is 374 g/mol. The van der Waals surface area contributed by atoms with Crippen molar-refractivity contribution in [3.05, 3.63) is 45.9 Å². The van der Waals surface area contributed by atoms with E-state index in [0.29, 0.717) is 30.3 Å². The smallest absolute Gasteiger partial charge is 0.253 e. The standard InChI is InChI=1S/C19H26N4O2S/c1-13(2)9-20-19(25)16-7-5-6-8-17(16)22-18(24)11-23(4)10-15-12-26-14(3)21-15/h5-8,12-13H,9-11H2,1-4H3,(H,20,25)(H,22,24). The quantitative estimate of drug-likeness (QED) is 0.745. The summed E-state index contributed by atoms with van der Waals surface area (Å²) < 4.78 is 0. The van der Waals surface area contributed by atoms with E-state index >= 15 is 0 Å². The molecule has 0 spiro atoms. The summed E-state index contributed by atoms with van der Waals surface area (Å²) in [7, 11) is 1.87. The number of anilines is 1. The Balaban J connectivity index is 1.94. The van der Waals surface area contributed by atoms with E-state index in [1.165, 1.54) is 0 Å². The molecule has 1 aromatic carbocycles. The summed E-state index contributed by atoms with van der Waals surface area (Å²) in [6.45, 7) is 7.45. The highest BCUT2D eigenvalue weighted by Crippen LogP contribution is 2.15. The average Bonchev–Trinajstić information content (AvgIpc) is 2.97. The number of para-hydroxylation sites is 1. The number of thiazole rings is 1. The summed E-state index contributed by atoms with van der Waals surface area (Å²) in [5, 5.41) is 8.73. The molecule has 1 aromatic heterocycles. The lowest BCUT2D eigenvalue weighted by molar-refractivity contribution is -0.117. The number of likely N-dealkylation sites (N-methyl/N-ethyl adjacent to an activating group) is 1. The predicted octanol–water partition coefficient (Wildman–Crippen LogP) is 2.91. The Labute approximate surface area is 158 Å². The van der Waals surface area contributed by atoms with Crippen LogP contribution in [0.1, 0.15) is 34.9 Å². The average molecular weight is 375 g/mol. The molecule has 2 aromatic rings. The maximum absolute atomic E-state index is 12.4. The van der Waals surface area contributed by atoms with E-state index in [4.69, 9.17) is 0 Å². The minimum absolute atomic E-state index is 0.163. The van der Waals surface area contributed by atoms with Gasteiger partial charge in [-0.15, -0.1) is 11.3 Å². The molecule has 2 N–H and O–H groups in total. The van der Waals surface area contributed by atoms with Gasteiger partial charge in [0, 0.05) is 18.5 Å². The second-order valence-corrected chi connectivity index (χ2v) is 7.79. The largest absolute Gasteiger partial charge is 0.352 e. The van der Waals surface area contributed by atoms with Gasteiger partial charge >= 0.3 is 0 Å². The van der Waals surface area contributed by atoms with E-state index in [-0.39, 0.29) is 18.4 Å². The molecule has 0 unspecified atom stereocenters. The minimum Gasteiger partial charge on any atom is -0.352 e. The van der Waals surface area contributed by atoms with Crippen molar-refractivity contribution in [2.75, 3.05) is 25.5 Å². The Morgan fingerprint density at radius 3 is 2.65 bits per heavy atom. The van der Waals surface area contributed by atoms with Crippen molar-refractivity contribution in [3.63, 3.8) is 0 Å². The number of nitrogens with one attached hydrogen (secondary N) is 2. The Hall–Kier alpha value is -2.25. The number of amides is 2. The lowest BCUT2D eigenvalue weighted by Gasteiger charge is -2.16. The number of aryl methyl sites for hydroxylation is 1. The highest BCUT2D eigenvalue weighted by atomic mass is 32.1. The third-order valence-electron chi connectivity index (χ3n) is 3.63. The number of hydrogen-bond acceptors (Lipinski definition) is 5. The number of carbonyl (C=O) groups is 2. The number of benzene rings is 1. The van der Waals surface area contributed by atoms with Crippen molar-refractivity contribution in [2.45, 2.75) is 27.3 Å². The van der Waals surface area contributed by atoms with Gasteiger partial charge in [-0.25, -0.2) is 4.98 Å². The SMILES string of the molecule is Cc1nc(CN(C)CC(=O)Nc2ccccc2C(=O)NCC(C)C)cs1. The number of nitrogens with zero attached hydrogens (tertiary/aromatic N) is 2. The van der Waals surface area contributed by atoms with Gasteiger partial charge in [-0.1, -0.05) is 26.0 Å². The maximum atomic E-state index is 12.4. The van der Waals surface area contributed by atoms with E-state index < -0.39 is 0 Å². The van der Waals surface area contributed by atoms with E-state index in [1.807, 2.05) is 38.1 Å². The molecule has 140 valence electrons. The minimum atomic E-state index is -0.180. The Morgan fingerprint density at radius 2 is 2.00 bits per heavy atom. The highest BCUT2D eigenvalue weighted by molar-refractivity contribution is 7.09. The molecule has 0 aliphatic rings. The molecule has 2 amide bonds. The zero-order valence-corrected chi connectivity index (χ0v) is 16.5. The fraction of sp³-hybridized carbons (Fsp3) is 0.421.